The number of aromatic nitrogens is 2. The minimum atomic E-state index is -0.370. The van der Waals surface area contributed by atoms with Gasteiger partial charge in [0.1, 0.15) is 11.6 Å². The number of imidazole rings is 1. The highest BCUT2D eigenvalue weighted by atomic mass is 32.1. The van der Waals surface area contributed by atoms with Crippen LogP contribution in [0.2, 0.25) is 0 Å². The highest BCUT2D eigenvalue weighted by molar-refractivity contribution is 7.15. The molecule has 2 aromatic heterocycles. The first-order valence-corrected chi connectivity index (χ1v) is 10.6. The molecule has 3 aromatic carbocycles. The fraction of sp³-hybridized carbons (Fsp3) is 0.0417. The van der Waals surface area contributed by atoms with Crippen LogP contribution in [-0.4, -0.2) is 21.9 Å². The Bertz CT molecular complexity index is 1540. The van der Waals surface area contributed by atoms with E-state index in [0.29, 0.717) is 20.9 Å². The average molecular weight is 445 g/mol. The number of hydrogen-bond donors (Lipinski definition) is 1. The Kier molecular flexibility index (Phi) is 5.12. The highest BCUT2D eigenvalue weighted by Gasteiger charge is 2.10. The number of carbonyl (C=O) groups is 1. The molecule has 0 aliphatic heterocycles. The number of nitrogens with one attached hydrogen (secondary N) is 1. The molecule has 0 atom stereocenters. The van der Waals surface area contributed by atoms with Gasteiger partial charge in [-0.25, -0.2) is 13.8 Å². The van der Waals surface area contributed by atoms with E-state index in [1.54, 1.807) is 16.5 Å². The predicted octanol–water partition coefficient (Wildman–Crippen LogP) is 3.61. The quantitative estimate of drug-likeness (QED) is 0.449. The van der Waals surface area contributed by atoms with Gasteiger partial charge in [0.2, 0.25) is 0 Å². The van der Waals surface area contributed by atoms with Gasteiger partial charge in [0, 0.05) is 5.69 Å². The van der Waals surface area contributed by atoms with Crippen LogP contribution in [0.25, 0.3) is 22.1 Å². The third-order valence-corrected chi connectivity index (χ3v) is 5.79. The molecule has 8 heteroatoms. The van der Waals surface area contributed by atoms with Crippen molar-refractivity contribution in [3.63, 3.8) is 0 Å². The van der Waals surface area contributed by atoms with Gasteiger partial charge >= 0.3 is 0 Å². The summed E-state index contributed by atoms with van der Waals surface area (Å²) in [7, 11) is 0. The maximum atomic E-state index is 12.9. The van der Waals surface area contributed by atoms with Crippen LogP contribution in [0.3, 0.4) is 0 Å². The number of anilines is 1. The van der Waals surface area contributed by atoms with Crippen LogP contribution in [-0.2, 0) is 4.79 Å². The lowest BCUT2D eigenvalue weighted by atomic mass is 10.2. The standard InChI is InChI=1S/C24H16FN3O3S/c25-16-7-9-17(10-8-16)26-22(29)14-31-18-11-5-15(6-12-18)13-21-23(30)28-20-4-2-1-3-19(20)27-24(28)32-21/h1-13H,14H2,(H,26,29)/b21-13-. The van der Waals surface area contributed by atoms with Crippen molar-refractivity contribution in [3.8, 4) is 5.75 Å². The smallest absolute Gasteiger partial charge is 0.274 e. The van der Waals surface area contributed by atoms with Crippen molar-refractivity contribution in [3.05, 3.63) is 99.1 Å². The second kappa shape index (κ2) is 8.24. The first-order valence-electron chi connectivity index (χ1n) is 9.77. The Morgan fingerprint density at radius 2 is 1.81 bits per heavy atom. The number of thiazole rings is 1. The summed E-state index contributed by atoms with van der Waals surface area (Å²) in [4.78, 5) is 30.0. The van der Waals surface area contributed by atoms with Crippen LogP contribution in [0.15, 0.2) is 77.6 Å². The molecule has 0 aliphatic carbocycles. The molecule has 0 bridgehead atoms. The van der Waals surface area contributed by atoms with Crippen molar-refractivity contribution in [2.24, 2.45) is 0 Å². The van der Waals surface area contributed by atoms with Gasteiger partial charge in [-0.3, -0.25) is 9.59 Å². The van der Waals surface area contributed by atoms with E-state index in [4.69, 9.17) is 4.74 Å². The summed E-state index contributed by atoms with van der Waals surface area (Å²) in [5.74, 6) is -0.201. The maximum absolute atomic E-state index is 12.9. The molecule has 5 aromatic rings. The molecular formula is C24H16FN3O3S. The summed E-state index contributed by atoms with van der Waals surface area (Å²) in [6.07, 6.45) is 1.81. The van der Waals surface area contributed by atoms with E-state index in [1.165, 1.54) is 35.6 Å². The number of halogens is 1. The van der Waals surface area contributed by atoms with Gasteiger partial charge < -0.3 is 10.1 Å². The van der Waals surface area contributed by atoms with Crippen LogP contribution >= 0.6 is 11.3 Å². The second-order valence-corrected chi connectivity index (χ2v) is 8.06. The topological polar surface area (TPSA) is 72.7 Å². The van der Waals surface area contributed by atoms with Gasteiger partial charge in [0.15, 0.2) is 11.6 Å². The normalized spacial score (nSPS) is 11.8. The number of hydrogen-bond acceptors (Lipinski definition) is 5. The fourth-order valence-corrected chi connectivity index (χ4v) is 4.29. The summed E-state index contributed by atoms with van der Waals surface area (Å²) in [6.45, 7) is -0.180. The fourth-order valence-electron chi connectivity index (χ4n) is 3.30. The van der Waals surface area contributed by atoms with E-state index < -0.39 is 0 Å². The van der Waals surface area contributed by atoms with E-state index in [2.05, 4.69) is 10.3 Å². The molecule has 32 heavy (non-hydrogen) atoms. The van der Waals surface area contributed by atoms with Crippen molar-refractivity contribution in [2.45, 2.75) is 0 Å². The monoisotopic (exact) mass is 445 g/mol. The van der Waals surface area contributed by atoms with E-state index in [1.807, 2.05) is 42.5 Å². The lowest BCUT2D eigenvalue weighted by Gasteiger charge is -2.07. The Morgan fingerprint density at radius 3 is 2.59 bits per heavy atom. The first-order chi connectivity index (χ1) is 15.6. The second-order valence-electron chi connectivity index (χ2n) is 7.05. The number of benzene rings is 3. The maximum Gasteiger partial charge on any atom is 0.274 e. The minimum absolute atomic E-state index is 0.100. The molecule has 0 unspecified atom stereocenters. The molecule has 2 heterocycles. The molecule has 158 valence electrons. The van der Waals surface area contributed by atoms with Crippen molar-refractivity contribution < 1.29 is 13.9 Å². The largest absolute Gasteiger partial charge is 0.484 e. The molecule has 1 amide bonds. The van der Waals surface area contributed by atoms with Crippen LogP contribution in [0.1, 0.15) is 5.56 Å². The lowest BCUT2D eigenvalue weighted by molar-refractivity contribution is -0.118. The van der Waals surface area contributed by atoms with Gasteiger partial charge in [-0.05, 0) is 60.2 Å². The van der Waals surface area contributed by atoms with E-state index in [9.17, 15) is 14.0 Å². The number of fused-ring (bicyclic) bond motifs is 3. The van der Waals surface area contributed by atoms with Gasteiger partial charge in [-0.15, -0.1) is 0 Å². The molecule has 6 nitrogen and oxygen atoms in total. The zero-order valence-electron chi connectivity index (χ0n) is 16.6. The van der Waals surface area contributed by atoms with Crippen molar-refractivity contribution >= 4 is 45.0 Å². The minimum Gasteiger partial charge on any atom is -0.484 e. The van der Waals surface area contributed by atoms with Crippen LogP contribution in [0, 0.1) is 5.82 Å². The van der Waals surface area contributed by atoms with Crippen LogP contribution in [0.5, 0.6) is 5.75 Å². The Balaban J connectivity index is 1.29. The third kappa shape index (κ3) is 3.95. The number of ether oxygens (including phenoxy) is 1. The van der Waals surface area contributed by atoms with E-state index >= 15 is 0 Å². The van der Waals surface area contributed by atoms with Crippen LogP contribution < -0.4 is 20.1 Å². The third-order valence-electron chi connectivity index (χ3n) is 4.82. The molecular weight excluding hydrogens is 429 g/mol. The SMILES string of the molecule is O=C(COc1ccc(/C=c2\sc3nc4ccccc4n3c2=O)cc1)Nc1ccc(F)cc1. The Labute approximate surface area is 185 Å². The lowest BCUT2D eigenvalue weighted by Crippen LogP contribution is -2.22. The van der Waals surface area contributed by atoms with E-state index in [0.717, 1.165) is 16.6 Å². The van der Waals surface area contributed by atoms with Gasteiger partial charge in [-0.1, -0.05) is 35.6 Å². The van der Waals surface area contributed by atoms with Gasteiger partial charge in [0.25, 0.3) is 11.5 Å². The number of nitrogens with zero attached hydrogens (tertiary/aromatic N) is 2. The summed E-state index contributed by atoms with van der Waals surface area (Å²) in [5.41, 5.74) is 2.82. The molecule has 0 saturated heterocycles. The molecule has 0 spiro atoms. The summed E-state index contributed by atoms with van der Waals surface area (Å²) in [5, 5.41) is 2.63. The van der Waals surface area contributed by atoms with Crippen LogP contribution in [0.4, 0.5) is 10.1 Å². The van der Waals surface area contributed by atoms with Gasteiger partial charge in [-0.2, -0.15) is 0 Å². The first kappa shape index (κ1) is 19.9. The van der Waals surface area contributed by atoms with Gasteiger partial charge in [0.05, 0.1) is 15.6 Å². The molecule has 0 radical (unpaired) electrons. The predicted molar refractivity (Wildman–Crippen MR) is 123 cm³/mol. The molecule has 0 fully saturated rings. The number of amides is 1. The zero-order chi connectivity index (χ0) is 22.1. The summed E-state index contributed by atoms with van der Waals surface area (Å²) >= 11 is 1.34. The van der Waals surface area contributed by atoms with E-state index in [-0.39, 0.29) is 23.9 Å². The number of rotatable bonds is 5. The molecule has 0 saturated carbocycles. The highest BCUT2D eigenvalue weighted by Crippen LogP contribution is 2.17. The number of para-hydroxylation sites is 2. The Morgan fingerprint density at radius 1 is 1.06 bits per heavy atom. The Hall–Kier alpha value is -4.04. The number of carbonyl (C=O) groups excluding carboxylic acids is 1. The molecule has 0 aliphatic rings. The molecule has 5 rings (SSSR count). The van der Waals surface area contributed by atoms with Crippen molar-refractivity contribution in [1.82, 2.24) is 9.38 Å². The van der Waals surface area contributed by atoms with Crippen molar-refractivity contribution in [1.29, 1.82) is 0 Å². The molecule has 1 N–H and O–H groups in total. The average Bonchev–Trinajstić information content (AvgIpc) is 3.31. The summed E-state index contributed by atoms with van der Waals surface area (Å²) < 4.78 is 20.6. The van der Waals surface area contributed by atoms with Crippen molar-refractivity contribution in [2.75, 3.05) is 11.9 Å². The zero-order valence-corrected chi connectivity index (χ0v) is 17.4. The summed E-state index contributed by atoms with van der Waals surface area (Å²) in [6, 6.07) is 20.1.